The summed E-state index contributed by atoms with van der Waals surface area (Å²) in [4.78, 5) is 32.1. The molecule has 0 spiro atoms. The number of anilines is 1. The van der Waals surface area contributed by atoms with Gasteiger partial charge in [-0.25, -0.2) is 9.78 Å². The van der Waals surface area contributed by atoms with Crippen molar-refractivity contribution in [1.82, 2.24) is 9.97 Å². The molecule has 0 aliphatic carbocycles. The van der Waals surface area contributed by atoms with E-state index in [2.05, 4.69) is 15.3 Å². The molecule has 144 valence electrons. The molecule has 0 aliphatic heterocycles. The quantitative estimate of drug-likeness (QED) is 0.629. The zero-order chi connectivity index (χ0) is 20.1. The minimum Gasteiger partial charge on any atom is -0.449 e. The van der Waals surface area contributed by atoms with Gasteiger partial charge in [-0.3, -0.25) is 4.79 Å². The molecular weight excluding hydrogens is 354 g/mol. The Morgan fingerprint density at radius 3 is 2.46 bits per heavy atom. The summed E-state index contributed by atoms with van der Waals surface area (Å²) in [6, 6.07) is 12.6. The first-order valence-electron chi connectivity index (χ1n) is 9.17. The number of aryl methyl sites for hydroxylation is 2. The van der Waals surface area contributed by atoms with Crippen LogP contribution in [0.15, 0.2) is 54.9 Å². The number of carbonyl (C=O) groups is 2. The smallest absolute Gasteiger partial charge is 0.338 e. The highest BCUT2D eigenvalue weighted by Crippen LogP contribution is 2.18. The highest BCUT2D eigenvalue weighted by atomic mass is 16.5. The second-order valence-corrected chi connectivity index (χ2v) is 6.61. The zero-order valence-corrected chi connectivity index (χ0v) is 16.2. The third kappa shape index (κ3) is 4.46. The number of nitrogens with zero attached hydrogens (tertiary/aromatic N) is 1. The van der Waals surface area contributed by atoms with Crippen LogP contribution in [0.2, 0.25) is 0 Å². The summed E-state index contributed by atoms with van der Waals surface area (Å²) < 4.78 is 5.43. The van der Waals surface area contributed by atoms with E-state index in [1.165, 1.54) is 0 Å². The van der Waals surface area contributed by atoms with Gasteiger partial charge in [0.05, 0.1) is 5.56 Å². The highest BCUT2D eigenvalue weighted by Gasteiger charge is 2.22. The van der Waals surface area contributed by atoms with Gasteiger partial charge in [-0.1, -0.05) is 25.1 Å². The number of hydrogen-bond acceptors (Lipinski definition) is 4. The predicted octanol–water partition coefficient (Wildman–Crippen LogP) is 4.27. The molecule has 3 aromatic rings. The van der Waals surface area contributed by atoms with Crippen molar-refractivity contribution in [1.29, 1.82) is 0 Å². The number of amides is 1. The molecule has 6 nitrogen and oxygen atoms in total. The van der Waals surface area contributed by atoms with E-state index in [0.717, 1.165) is 22.5 Å². The van der Waals surface area contributed by atoms with Crippen LogP contribution in [0.4, 0.5) is 5.69 Å². The molecule has 0 radical (unpaired) electrons. The summed E-state index contributed by atoms with van der Waals surface area (Å²) in [6.07, 6.45) is 2.92. The Morgan fingerprint density at radius 2 is 1.86 bits per heavy atom. The number of esters is 1. The number of nitrogens with one attached hydrogen (secondary N) is 2. The van der Waals surface area contributed by atoms with Crippen LogP contribution in [0.5, 0.6) is 0 Å². The first-order chi connectivity index (χ1) is 13.5. The number of ether oxygens (including phenoxy) is 1. The molecule has 2 aromatic carbocycles. The lowest BCUT2D eigenvalue weighted by Gasteiger charge is -2.16. The van der Waals surface area contributed by atoms with Crippen molar-refractivity contribution in [2.75, 3.05) is 5.32 Å². The van der Waals surface area contributed by atoms with E-state index in [1.807, 2.05) is 32.0 Å². The van der Waals surface area contributed by atoms with Gasteiger partial charge in [0, 0.05) is 23.6 Å². The molecule has 1 heterocycles. The number of H-pyrrole nitrogens is 1. The lowest BCUT2D eigenvalue weighted by molar-refractivity contribution is -0.124. The summed E-state index contributed by atoms with van der Waals surface area (Å²) in [5.41, 5.74) is 4.16. The van der Waals surface area contributed by atoms with Gasteiger partial charge in [-0.2, -0.15) is 0 Å². The van der Waals surface area contributed by atoms with Gasteiger partial charge in [0.2, 0.25) is 0 Å². The molecule has 28 heavy (non-hydrogen) atoms. The van der Waals surface area contributed by atoms with E-state index in [-0.39, 0.29) is 5.91 Å². The van der Waals surface area contributed by atoms with Crippen LogP contribution in [0.25, 0.3) is 11.4 Å². The van der Waals surface area contributed by atoms with Gasteiger partial charge < -0.3 is 15.0 Å². The van der Waals surface area contributed by atoms with Gasteiger partial charge >= 0.3 is 5.97 Å². The number of aromatic nitrogens is 2. The Balaban J connectivity index is 1.65. The average Bonchev–Trinajstić information content (AvgIpc) is 3.23. The van der Waals surface area contributed by atoms with Gasteiger partial charge in [0.1, 0.15) is 5.82 Å². The van der Waals surface area contributed by atoms with E-state index < -0.39 is 12.1 Å². The van der Waals surface area contributed by atoms with Crippen molar-refractivity contribution in [2.45, 2.75) is 33.3 Å². The van der Waals surface area contributed by atoms with Crippen LogP contribution in [0.1, 0.15) is 34.8 Å². The van der Waals surface area contributed by atoms with Crippen LogP contribution in [-0.2, 0) is 9.53 Å². The van der Waals surface area contributed by atoms with Crippen molar-refractivity contribution in [2.24, 2.45) is 0 Å². The number of carbonyl (C=O) groups excluding carboxylic acids is 2. The molecule has 0 bridgehead atoms. The molecule has 0 saturated heterocycles. The Morgan fingerprint density at radius 1 is 1.11 bits per heavy atom. The summed E-state index contributed by atoms with van der Waals surface area (Å²) in [5.74, 6) is -0.154. The molecule has 1 amide bonds. The fourth-order valence-corrected chi connectivity index (χ4v) is 2.75. The average molecular weight is 377 g/mol. The third-order valence-electron chi connectivity index (χ3n) is 4.58. The van der Waals surface area contributed by atoms with Crippen LogP contribution in [0.3, 0.4) is 0 Å². The maximum atomic E-state index is 12.5. The Labute approximate surface area is 164 Å². The van der Waals surface area contributed by atoms with Crippen molar-refractivity contribution < 1.29 is 14.3 Å². The molecule has 0 saturated carbocycles. The lowest BCUT2D eigenvalue weighted by atomic mass is 10.1. The van der Waals surface area contributed by atoms with Crippen LogP contribution >= 0.6 is 0 Å². The van der Waals surface area contributed by atoms with Crippen molar-refractivity contribution in [3.8, 4) is 11.4 Å². The molecule has 6 heteroatoms. The Bertz CT molecular complexity index is 963. The molecule has 2 N–H and O–H groups in total. The Hall–Kier alpha value is -3.41. The summed E-state index contributed by atoms with van der Waals surface area (Å²) in [5, 5.41) is 2.82. The number of aromatic amines is 1. The third-order valence-corrected chi connectivity index (χ3v) is 4.58. The van der Waals surface area contributed by atoms with E-state index in [1.54, 1.807) is 43.6 Å². The van der Waals surface area contributed by atoms with E-state index in [9.17, 15) is 9.59 Å². The first kappa shape index (κ1) is 19.4. The normalized spacial score (nSPS) is 11.7. The van der Waals surface area contributed by atoms with Crippen LogP contribution < -0.4 is 5.32 Å². The van der Waals surface area contributed by atoms with E-state index in [4.69, 9.17) is 4.74 Å². The number of rotatable bonds is 6. The van der Waals surface area contributed by atoms with Gasteiger partial charge in [-0.15, -0.1) is 0 Å². The van der Waals surface area contributed by atoms with E-state index >= 15 is 0 Å². The van der Waals surface area contributed by atoms with Crippen LogP contribution in [0, 0.1) is 13.8 Å². The van der Waals surface area contributed by atoms with E-state index in [0.29, 0.717) is 17.7 Å². The minimum absolute atomic E-state index is 0.341. The highest BCUT2D eigenvalue weighted by molar-refractivity contribution is 5.97. The molecule has 3 rings (SSSR count). The van der Waals surface area contributed by atoms with Crippen molar-refractivity contribution in [3.63, 3.8) is 0 Å². The van der Waals surface area contributed by atoms with Crippen LogP contribution in [-0.4, -0.2) is 27.9 Å². The molecule has 0 aliphatic rings. The summed E-state index contributed by atoms with van der Waals surface area (Å²) >= 11 is 0. The predicted molar refractivity (Wildman–Crippen MR) is 108 cm³/mol. The van der Waals surface area contributed by atoms with Crippen molar-refractivity contribution >= 4 is 17.6 Å². The largest absolute Gasteiger partial charge is 0.449 e. The fraction of sp³-hybridized carbons (Fsp3) is 0.227. The fourth-order valence-electron chi connectivity index (χ4n) is 2.75. The van der Waals surface area contributed by atoms with Gasteiger partial charge in [-0.05, 0) is 55.7 Å². The van der Waals surface area contributed by atoms with Crippen molar-refractivity contribution in [3.05, 3.63) is 71.5 Å². The first-order valence-corrected chi connectivity index (χ1v) is 9.17. The molecule has 1 atom stereocenters. The Kier molecular flexibility index (Phi) is 5.89. The topological polar surface area (TPSA) is 84.1 Å². The second-order valence-electron chi connectivity index (χ2n) is 6.61. The summed E-state index contributed by atoms with van der Waals surface area (Å²) in [6.45, 7) is 5.79. The molecular formula is C22H23N3O3. The number of hydrogen-bond donors (Lipinski definition) is 2. The maximum Gasteiger partial charge on any atom is 0.338 e. The van der Waals surface area contributed by atoms with Gasteiger partial charge in [0.15, 0.2) is 6.10 Å². The lowest BCUT2D eigenvalue weighted by Crippen LogP contribution is -2.32. The van der Waals surface area contributed by atoms with Gasteiger partial charge in [0.25, 0.3) is 5.91 Å². The zero-order valence-electron chi connectivity index (χ0n) is 16.2. The monoisotopic (exact) mass is 377 g/mol. The SMILES string of the molecule is CCC(OC(=O)c1ccc(-c2ncc[nH]2)cc1)C(=O)Nc1ccc(C)c(C)c1. The molecule has 1 aromatic heterocycles. The molecule has 1 unspecified atom stereocenters. The minimum atomic E-state index is -0.862. The summed E-state index contributed by atoms with van der Waals surface area (Å²) in [7, 11) is 0. The number of imidazole rings is 1. The second kappa shape index (κ2) is 8.52. The standard InChI is InChI=1S/C22H23N3O3/c1-4-19(21(26)25-18-10-5-14(2)15(3)13-18)28-22(27)17-8-6-16(7-9-17)20-23-11-12-24-20/h5-13,19H,4H2,1-3H3,(H,23,24)(H,25,26). The molecule has 0 fully saturated rings. The maximum absolute atomic E-state index is 12.5. The number of benzene rings is 2.